The smallest absolute Gasteiger partial charge is 0.250 e. The van der Waals surface area contributed by atoms with Gasteiger partial charge < -0.3 is 9.53 Å². The van der Waals surface area contributed by atoms with Crippen LogP contribution in [0.15, 0.2) is 12.1 Å². The van der Waals surface area contributed by atoms with Crippen molar-refractivity contribution >= 4 is 14.6 Å². The third-order valence-corrected chi connectivity index (χ3v) is 8.01. The van der Waals surface area contributed by atoms with Crippen molar-refractivity contribution in [2.45, 2.75) is 45.8 Å². The Bertz CT molecular complexity index is 459. The summed E-state index contributed by atoms with van der Waals surface area (Å²) < 4.78 is 6.07. The largest absolute Gasteiger partial charge is 0.543 e. The lowest BCUT2D eigenvalue weighted by Gasteiger charge is -2.36. The maximum atomic E-state index is 11.1. The van der Waals surface area contributed by atoms with Gasteiger partial charge in [-0.1, -0.05) is 26.8 Å². The molecule has 4 heteroatoms. The third kappa shape index (κ3) is 2.75. The summed E-state index contributed by atoms with van der Waals surface area (Å²) in [5, 5.41) is 9.93. The van der Waals surface area contributed by atoms with Gasteiger partial charge in [0, 0.05) is 0 Å². The number of hydrogen-bond donors (Lipinski definition) is 1. The zero-order chi connectivity index (χ0) is 14.1. The lowest BCUT2D eigenvalue weighted by molar-refractivity contribution is 0.111. The first-order valence-electron chi connectivity index (χ1n) is 6.07. The van der Waals surface area contributed by atoms with E-state index in [1.54, 1.807) is 19.1 Å². The van der Waals surface area contributed by atoms with Gasteiger partial charge in [-0.3, -0.25) is 4.79 Å². The molecule has 0 radical (unpaired) electrons. The van der Waals surface area contributed by atoms with Gasteiger partial charge in [0.2, 0.25) is 0 Å². The van der Waals surface area contributed by atoms with E-state index in [2.05, 4.69) is 33.9 Å². The molecule has 100 valence electrons. The van der Waals surface area contributed by atoms with Crippen molar-refractivity contribution in [3.8, 4) is 11.5 Å². The fraction of sp³-hybridized carbons (Fsp3) is 0.500. The number of aryl methyl sites for hydroxylation is 1. The summed E-state index contributed by atoms with van der Waals surface area (Å²) in [6.07, 6.45) is 0.658. The molecule has 0 spiro atoms. The predicted octanol–water partition coefficient (Wildman–Crippen LogP) is 3.90. The molecule has 3 nitrogen and oxygen atoms in total. The van der Waals surface area contributed by atoms with Gasteiger partial charge in [0.1, 0.15) is 11.5 Å². The maximum Gasteiger partial charge on any atom is 0.250 e. The van der Waals surface area contributed by atoms with Crippen LogP contribution in [0.2, 0.25) is 18.1 Å². The zero-order valence-corrected chi connectivity index (χ0v) is 13.0. The number of rotatable bonds is 3. The van der Waals surface area contributed by atoms with Gasteiger partial charge in [-0.05, 0) is 36.7 Å². The average molecular weight is 266 g/mol. The minimum atomic E-state index is -2.00. The Morgan fingerprint density at radius 2 is 1.83 bits per heavy atom. The van der Waals surface area contributed by atoms with Gasteiger partial charge in [-0.15, -0.1) is 0 Å². The Labute approximate surface area is 110 Å². The quantitative estimate of drug-likeness (QED) is 0.666. The summed E-state index contributed by atoms with van der Waals surface area (Å²) in [7, 11) is -2.00. The number of phenols is 1. The fourth-order valence-corrected chi connectivity index (χ4v) is 2.36. The predicted molar refractivity (Wildman–Crippen MR) is 76.1 cm³/mol. The normalized spacial score (nSPS) is 12.3. The minimum absolute atomic E-state index is 0.0150. The Morgan fingerprint density at radius 1 is 1.28 bits per heavy atom. The number of phenolic OH excluding ortho intramolecular Hbond substituents is 1. The highest BCUT2D eigenvalue weighted by molar-refractivity contribution is 6.74. The van der Waals surface area contributed by atoms with Crippen molar-refractivity contribution in [3.05, 3.63) is 23.3 Å². The summed E-state index contributed by atoms with van der Waals surface area (Å²) in [6.45, 7) is 12.4. The van der Waals surface area contributed by atoms with Crippen molar-refractivity contribution in [2.75, 3.05) is 0 Å². The number of carbonyl (C=O) groups is 1. The number of aldehydes is 1. The summed E-state index contributed by atoms with van der Waals surface area (Å²) in [5.74, 6) is 0.501. The zero-order valence-electron chi connectivity index (χ0n) is 12.0. The minimum Gasteiger partial charge on any atom is -0.543 e. The van der Waals surface area contributed by atoms with Crippen LogP contribution in [0.1, 0.15) is 36.7 Å². The van der Waals surface area contributed by atoms with Crippen LogP contribution in [0.5, 0.6) is 11.5 Å². The molecule has 1 aromatic rings. The first-order chi connectivity index (χ1) is 8.10. The standard InChI is InChI=1S/C14H22O3Si/c1-10-7-8-12(11(9-15)13(10)16)17-18(5,6)14(2,3)4/h7-9,16H,1-6H3. The molecule has 0 aliphatic rings. The van der Waals surface area contributed by atoms with E-state index in [9.17, 15) is 9.90 Å². The summed E-state index contributed by atoms with van der Waals surface area (Å²) >= 11 is 0. The molecule has 0 saturated carbocycles. The van der Waals surface area contributed by atoms with Gasteiger partial charge in [0.15, 0.2) is 6.29 Å². The molecule has 0 heterocycles. The molecule has 18 heavy (non-hydrogen) atoms. The van der Waals surface area contributed by atoms with E-state index >= 15 is 0 Å². The van der Waals surface area contributed by atoms with E-state index in [4.69, 9.17) is 4.43 Å². The molecular formula is C14H22O3Si. The van der Waals surface area contributed by atoms with Crippen LogP contribution in [-0.2, 0) is 0 Å². The molecule has 0 fully saturated rings. The van der Waals surface area contributed by atoms with E-state index in [0.29, 0.717) is 17.6 Å². The maximum absolute atomic E-state index is 11.1. The molecular weight excluding hydrogens is 244 g/mol. The lowest BCUT2D eigenvalue weighted by Crippen LogP contribution is -2.44. The number of carbonyl (C=O) groups excluding carboxylic acids is 1. The van der Waals surface area contributed by atoms with Gasteiger partial charge in [-0.25, -0.2) is 0 Å². The molecule has 1 aromatic carbocycles. The van der Waals surface area contributed by atoms with Crippen LogP contribution in [0.4, 0.5) is 0 Å². The van der Waals surface area contributed by atoms with Gasteiger partial charge in [0.05, 0.1) is 5.56 Å². The van der Waals surface area contributed by atoms with E-state index in [1.807, 2.05) is 0 Å². The van der Waals surface area contributed by atoms with Crippen molar-refractivity contribution in [2.24, 2.45) is 0 Å². The van der Waals surface area contributed by atoms with Crippen LogP contribution in [-0.4, -0.2) is 19.7 Å². The van der Waals surface area contributed by atoms with Gasteiger partial charge in [-0.2, -0.15) is 0 Å². The van der Waals surface area contributed by atoms with Crippen LogP contribution < -0.4 is 4.43 Å². The highest BCUT2D eigenvalue weighted by atomic mass is 28.4. The summed E-state index contributed by atoms with van der Waals surface area (Å²) in [4.78, 5) is 11.1. The monoisotopic (exact) mass is 266 g/mol. The molecule has 0 amide bonds. The molecule has 1 N–H and O–H groups in total. The Kier molecular flexibility index (Phi) is 3.91. The molecule has 0 aromatic heterocycles. The van der Waals surface area contributed by atoms with Crippen LogP contribution in [0, 0.1) is 6.92 Å². The van der Waals surface area contributed by atoms with Gasteiger partial charge in [0.25, 0.3) is 8.32 Å². The van der Waals surface area contributed by atoms with Crippen LogP contribution in [0.3, 0.4) is 0 Å². The van der Waals surface area contributed by atoms with Crippen molar-refractivity contribution in [1.82, 2.24) is 0 Å². The summed E-state index contributed by atoms with van der Waals surface area (Å²) in [6, 6.07) is 3.53. The van der Waals surface area contributed by atoms with E-state index in [1.165, 1.54) is 0 Å². The Morgan fingerprint density at radius 3 is 2.28 bits per heavy atom. The van der Waals surface area contributed by atoms with Crippen LogP contribution in [0.25, 0.3) is 0 Å². The molecule has 0 aliphatic heterocycles. The molecule has 0 unspecified atom stereocenters. The first-order valence-corrected chi connectivity index (χ1v) is 8.98. The van der Waals surface area contributed by atoms with Crippen molar-refractivity contribution < 1.29 is 14.3 Å². The van der Waals surface area contributed by atoms with Crippen LogP contribution >= 0.6 is 0 Å². The second-order valence-electron chi connectivity index (χ2n) is 6.12. The topological polar surface area (TPSA) is 46.5 Å². The third-order valence-electron chi connectivity index (χ3n) is 3.67. The SMILES string of the molecule is Cc1ccc(O[Si](C)(C)C(C)(C)C)c(C=O)c1O. The number of hydrogen-bond acceptors (Lipinski definition) is 3. The Hall–Kier alpha value is -1.29. The molecule has 1 rings (SSSR count). The van der Waals surface area contributed by atoms with E-state index < -0.39 is 8.32 Å². The highest BCUT2D eigenvalue weighted by Crippen LogP contribution is 2.39. The second kappa shape index (κ2) is 4.76. The average Bonchev–Trinajstić information content (AvgIpc) is 2.22. The van der Waals surface area contributed by atoms with E-state index in [0.717, 1.165) is 0 Å². The number of benzene rings is 1. The van der Waals surface area contributed by atoms with Gasteiger partial charge >= 0.3 is 0 Å². The molecule has 0 bridgehead atoms. The molecule has 0 atom stereocenters. The van der Waals surface area contributed by atoms with E-state index in [-0.39, 0.29) is 16.4 Å². The fourth-order valence-electron chi connectivity index (χ4n) is 1.33. The first kappa shape index (κ1) is 14.8. The second-order valence-corrected chi connectivity index (χ2v) is 10.8. The lowest BCUT2D eigenvalue weighted by atomic mass is 10.1. The highest BCUT2D eigenvalue weighted by Gasteiger charge is 2.39. The molecule has 0 aliphatic carbocycles. The summed E-state index contributed by atoms with van der Waals surface area (Å²) in [5.41, 5.74) is 0.930. The van der Waals surface area contributed by atoms with Crippen molar-refractivity contribution in [1.29, 1.82) is 0 Å². The van der Waals surface area contributed by atoms with Crippen molar-refractivity contribution in [3.63, 3.8) is 0 Å². The Balaban J connectivity index is 3.21. The number of aromatic hydroxyl groups is 1. The molecule has 0 saturated heterocycles.